The lowest BCUT2D eigenvalue weighted by Gasteiger charge is -2.31. The molecule has 0 unspecified atom stereocenters. The quantitative estimate of drug-likeness (QED) is 0.877. The third kappa shape index (κ3) is 2.68. The lowest BCUT2D eigenvalue weighted by Crippen LogP contribution is -2.41. The van der Waals surface area contributed by atoms with Crippen molar-refractivity contribution < 1.29 is 0 Å². The number of rotatable bonds is 3. The number of hydrogen-bond acceptors (Lipinski definition) is 6. The van der Waals surface area contributed by atoms with Crippen LogP contribution in [-0.2, 0) is 6.54 Å². The van der Waals surface area contributed by atoms with Gasteiger partial charge < -0.3 is 5.32 Å². The highest BCUT2D eigenvalue weighted by molar-refractivity contribution is 7.14. The van der Waals surface area contributed by atoms with Crippen molar-refractivity contribution in [3.63, 3.8) is 0 Å². The zero-order valence-corrected chi connectivity index (χ0v) is 11.7. The van der Waals surface area contributed by atoms with Crippen molar-refractivity contribution in [3.05, 3.63) is 27.6 Å². The summed E-state index contributed by atoms with van der Waals surface area (Å²) in [5.74, 6) is 0. The van der Waals surface area contributed by atoms with Gasteiger partial charge in [0.05, 0.1) is 5.69 Å². The van der Waals surface area contributed by atoms with E-state index in [4.69, 9.17) is 0 Å². The molecule has 3 heterocycles. The van der Waals surface area contributed by atoms with Gasteiger partial charge in [0, 0.05) is 18.7 Å². The summed E-state index contributed by atoms with van der Waals surface area (Å²) < 4.78 is 1.35. The van der Waals surface area contributed by atoms with Crippen LogP contribution in [0.4, 0.5) is 0 Å². The van der Waals surface area contributed by atoms with Crippen molar-refractivity contribution in [1.82, 2.24) is 24.8 Å². The first kappa shape index (κ1) is 12.7. The minimum atomic E-state index is -0.0973. The van der Waals surface area contributed by atoms with Gasteiger partial charge >= 0.3 is 0 Å². The van der Waals surface area contributed by atoms with Crippen LogP contribution in [0.1, 0.15) is 18.5 Å². The molecule has 102 valence electrons. The molecule has 7 heteroatoms. The van der Waals surface area contributed by atoms with E-state index < -0.39 is 0 Å². The van der Waals surface area contributed by atoms with Gasteiger partial charge in [0.1, 0.15) is 5.51 Å². The highest BCUT2D eigenvalue weighted by Crippen LogP contribution is 2.13. The Morgan fingerprint density at radius 3 is 3.11 bits per heavy atom. The predicted octanol–water partition coefficient (Wildman–Crippen LogP) is 0.335. The first-order valence-electron chi connectivity index (χ1n) is 6.47. The molecular weight excluding hydrogens is 262 g/mol. The lowest BCUT2D eigenvalue weighted by molar-refractivity contribution is 0.190. The number of fused-ring (bicyclic) bond motifs is 1. The first-order valence-corrected chi connectivity index (χ1v) is 7.35. The van der Waals surface area contributed by atoms with Gasteiger partial charge in [-0.15, -0.1) is 0 Å². The van der Waals surface area contributed by atoms with Crippen LogP contribution >= 0.6 is 11.3 Å². The third-order valence-corrected chi connectivity index (χ3v) is 4.26. The summed E-state index contributed by atoms with van der Waals surface area (Å²) in [5, 5.41) is 7.33. The Morgan fingerprint density at radius 1 is 1.53 bits per heavy atom. The smallest absolute Gasteiger partial charge is 0.275 e. The third-order valence-electron chi connectivity index (χ3n) is 3.58. The molecule has 0 aliphatic carbocycles. The summed E-state index contributed by atoms with van der Waals surface area (Å²) in [6.07, 6.45) is 2.30. The maximum atomic E-state index is 11.9. The molecule has 3 rings (SSSR count). The van der Waals surface area contributed by atoms with Crippen LogP contribution in [0.15, 0.2) is 16.4 Å². The average molecular weight is 279 g/mol. The molecule has 1 N–H and O–H groups in total. The Morgan fingerprint density at radius 2 is 2.32 bits per heavy atom. The van der Waals surface area contributed by atoms with E-state index in [-0.39, 0.29) is 5.56 Å². The van der Waals surface area contributed by atoms with Gasteiger partial charge in [-0.1, -0.05) is 11.3 Å². The summed E-state index contributed by atoms with van der Waals surface area (Å²) in [4.78, 5) is 19.3. The maximum Gasteiger partial charge on any atom is 0.275 e. The molecule has 0 amide bonds. The molecule has 19 heavy (non-hydrogen) atoms. The molecule has 0 spiro atoms. The Kier molecular flexibility index (Phi) is 3.58. The summed E-state index contributed by atoms with van der Waals surface area (Å²) in [7, 11) is 2.10. The zero-order chi connectivity index (χ0) is 13.2. The highest BCUT2D eigenvalue weighted by Gasteiger charge is 2.18. The van der Waals surface area contributed by atoms with Crippen molar-refractivity contribution in [2.75, 3.05) is 20.1 Å². The molecule has 0 radical (unpaired) electrons. The second-order valence-electron chi connectivity index (χ2n) is 4.92. The fraction of sp³-hybridized carbons (Fsp3) is 0.583. The Hall–Kier alpha value is -1.31. The minimum Gasteiger partial charge on any atom is -0.317 e. The van der Waals surface area contributed by atoms with Crippen molar-refractivity contribution in [1.29, 1.82) is 0 Å². The van der Waals surface area contributed by atoms with E-state index in [0.717, 1.165) is 31.6 Å². The largest absolute Gasteiger partial charge is 0.317 e. The van der Waals surface area contributed by atoms with Crippen LogP contribution in [-0.4, -0.2) is 45.7 Å². The molecule has 2 aromatic rings. The van der Waals surface area contributed by atoms with Crippen LogP contribution < -0.4 is 10.9 Å². The zero-order valence-electron chi connectivity index (χ0n) is 10.9. The number of nitrogens with one attached hydrogen (secondary N) is 1. The summed E-state index contributed by atoms with van der Waals surface area (Å²) >= 11 is 1.39. The molecule has 1 fully saturated rings. The van der Waals surface area contributed by atoms with Gasteiger partial charge in [-0.25, -0.2) is 4.98 Å². The van der Waals surface area contributed by atoms with E-state index in [0.29, 0.717) is 17.5 Å². The van der Waals surface area contributed by atoms with E-state index in [1.807, 2.05) is 0 Å². The van der Waals surface area contributed by atoms with Crippen LogP contribution in [0.3, 0.4) is 0 Å². The van der Waals surface area contributed by atoms with Crippen molar-refractivity contribution in [2.24, 2.45) is 0 Å². The summed E-state index contributed by atoms with van der Waals surface area (Å²) in [6, 6.07) is 2.16. The van der Waals surface area contributed by atoms with E-state index in [2.05, 4.69) is 27.3 Å². The number of nitrogens with zero attached hydrogens (tertiary/aromatic N) is 4. The molecule has 0 saturated carbocycles. The van der Waals surface area contributed by atoms with E-state index in [9.17, 15) is 4.79 Å². The van der Waals surface area contributed by atoms with Crippen LogP contribution in [0.2, 0.25) is 0 Å². The highest BCUT2D eigenvalue weighted by atomic mass is 32.1. The molecule has 2 aromatic heterocycles. The number of hydrogen-bond donors (Lipinski definition) is 1. The minimum absolute atomic E-state index is 0.0973. The van der Waals surface area contributed by atoms with Crippen LogP contribution in [0, 0.1) is 0 Å². The standard InChI is InChI=1S/C12H17N5OS/c1-16(10-2-4-13-5-3-10)7-9-6-11(18)17-12(15-9)19-8-14-17/h6,8,10,13H,2-5,7H2,1H3. The lowest BCUT2D eigenvalue weighted by atomic mass is 10.1. The maximum absolute atomic E-state index is 11.9. The van der Waals surface area contributed by atoms with Gasteiger partial charge in [0.15, 0.2) is 0 Å². The van der Waals surface area contributed by atoms with E-state index in [1.165, 1.54) is 15.9 Å². The predicted molar refractivity (Wildman–Crippen MR) is 74.5 cm³/mol. The molecule has 0 aromatic carbocycles. The topological polar surface area (TPSA) is 62.5 Å². The number of piperidine rings is 1. The Bertz CT molecular complexity index is 616. The molecule has 6 nitrogen and oxygen atoms in total. The molecule has 1 saturated heterocycles. The monoisotopic (exact) mass is 279 g/mol. The van der Waals surface area contributed by atoms with Gasteiger partial charge in [0.2, 0.25) is 4.96 Å². The van der Waals surface area contributed by atoms with Crippen molar-refractivity contribution in [2.45, 2.75) is 25.4 Å². The Balaban J connectivity index is 1.78. The Labute approximate surface area is 115 Å². The van der Waals surface area contributed by atoms with Crippen molar-refractivity contribution in [3.8, 4) is 0 Å². The van der Waals surface area contributed by atoms with Gasteiger partial charge in [-0.3, -0.25) is 9.69 Å². The van der Waals surface area contributed by atoms with Crippen LogP contribution in [0.25, 0.3) is 4.96 Å². The van der Waals surface area contributed by atoms with Crippen molar-refractivity contribution >= 4 is 16.3 Å². The fourth-order valence-corrected chi connectivity index (χ4v) is 3.16. The molecular formula is C12H17N5OS. The van der Waals surface area contributed by atoms with Gasteiger partial charge in [-0.05, 0) is 33.0 Å². The molecule has 0 bridgehead atoms. The SMILES string of the molecule is CN(Cc1cc(=O)n2ncsc2n1)C1CCNCC1. The second-order valence-corrected chi connectivity index (χ2v) is 5.73. The van der Waals surface area contributed by atoms with E-state index >= 15 is 0 Å². The summed E-state index contributed by atoms with van der Waals surface area (Å²) in [6.45, 7) is 2.85. The fourth-order valence-electron chi connectivity index (χ4n) is 2.51. The molecule has 1 aliphatic rings. The van der Waals surface area contributed by atoms with Crippen LogP contribution in [0.5, 0.6) is 0 Å². The average Bonchev–Trinajstić information content (AvgIpc) is 2.88. The van der Waals surface area contributed by atoms with Gasteiger partial charge in [0.25, 0.3) is 5.56 Å². The normalized spacial score (nSPS) is 17.4. The molecule has 1 aliphatic heterocycles. The molecule has 0 atom stereocenters. The first-order chi connectivity index (χ1) is 9.24. The summed E-state index contributed by atoms with van der Waals surface area (Å²) in [5.41, 5.74) is 2.37. The van der Waals surface area contributed by atoms with E-state index in [1.54, 1.807) is 11.6 Å². The van der Waals surface area contributed by atoms with Gasteiger partial charge in [-0.2, -0.15) is 9.61 Å². The second kappa shape index (κ2) is 5.36. The number of aromatic nitrogens is 3.